The average Bonchev–Trinajstić information content (AvgIpc) is 2.65. The first-order valence-electron chi connectivity index (χ1n) is 9.59. The lowest BCUT2D eigenvalue weighted by atomic mass is 9.99. The molecule has 2 aromatic rings. The molecule has 0 spiro atoms. The lowest BCUT2D eigenvalue weighted by Crippen LogP contribution is -2.37. The number of rotatable bonds is 7. The van der Waals surface area contributed by atoms with Crippen molar-refractivity contribution in [3.63, 3.8) is 0 Å². The number of hydrogen-bond acceptors (Lipinski definition) is 4. The third-order valence-electron chi connectivity index (χ3n) is 4.59. The monoisotopic (exact) mass is 420 g/mol. The van der Waals surface area contributed by atoms with Gasteiger partial charge in [0.1, 0.15) is 0 Å². The topological polar surface area (TPSA) is 75.7 Å². The van der Waals surface area contributed by atoms with Crippen LogP contribution in [-0.4, -0.2) is 27.5 Å². The second kappa shape index (κ2) is 8.41. The zero-order valence-corrected chi connectivity index (χ0v) is 17.6. The summed E-state index contributed by atoms with van der Waals surface area (Å²) in [4.78, 5) is 13.8. The molecule has 0 aliphatic carbocycles. The van der Waals surface area contributed by atoms with Crippen molar-refractivity contribution < 1.29 is 22.3 Å². The van der Waals surface area contributed by atoms with Crippen LogP contribution in [0.1, 0.15) is 32.8 Å². The molecule has 0 fully saturated rings. The number of carbonyl (C=O) groups excluding carboxylic acids is 1. The molecule has 6 nitrogen and oxygen atoms in total. The van der Waals surface area contributed by atoms with Gasteiger partial charge in [-0.05, 0) is 61.2 Å². The van der Waals surface area contributed by atoms with Gasteiger partial charge in [0.15, 0.2) is 11.6 Å². The number of benzene rings is 2. The van der Waals surface area contributed by atoms with Crippen LogP contribution in [0, 0.1) is 11.7 Å². The second-order valence-electron chi connectivity index (χ2n) is 7.37. The highest BCUT2D eigenvalue weighted by Crippen LogP contribution is 2.32. The quantitative estimate of drug-likeness (QED) is 0.736. The maximum absolute atomic E-state index is 14.1. The van der Waals surface area contributed by atoms with Gasteiger partial charge in [-0.15, -0.1) is 0 Å². The third kappa shape index (κ3) is 4.70. The molecule has 1 N–H and O–H groups in total. The van der Waals surface area contributed by atoms with Crippen LogP contribution in [0.5, 0.6) is 5.75 Å². The van der Waals surface area contributed by atoms with Crippen molar-refractivity contribution in [2.75, 3.05) is 22.8 Å². The standard InChI is InChI=1S/C21H25FN2O4S/c1-4-28-20-9-7-17(12-18(20)22)29(26,27)23-16-6-8-19-15(11-16)5-10-21(25)24(19)13-14(2)3/h6-9,11-12,14,23H,4-5,10,13H2,1-3H3. The molecular weight excluding hydrogens is 395 g/mol. The Balaban J connectivity index is 1.85. The van der Waals surface area contributed by atoms with Crippen LogP contribution in [0.15, 0.2) is 41.3 Å². The number of nitrogens with zero attached hydrogens (tertiary/aromatic N) is 1. The van der Waals surface area contributed by atoms with Gasteiger partial charge in [-0.1, -0.05) is 13.8 Å². The summed E-state index contributed by atoms with van der Waals surface area (Å²) in [7, 11) is -3.96. The molecule has 3 rings (SSSR count). The van der Waals surface area contributed by atoms with E-state index in [0.717, 1.165) is 17.3 Å². The van der Waals surface area contributed by atoms with E-state index < -0.39 is 15.8 Å². The molecular formula is C21H25FN2O4S. The first kappa shape index (κ1) is 21.1. The Morgan fingerprint density at radius 1 is 1.17 bits per heavy atom. The second-order valence-corrected chi connectivity index (χ2v) is 9.05. The highest BCUT2D eigenvalue weighted by molar-refractivity contribution is 7.92. The number of halogens is 1. The minimum Gasteiger partial charge on any atom is -0.491 e. The van der Waals surface area contributed by atoms with E-state index in [-0.39, 0.29) is 23.2 Å². The highest BCUT2D eigenvalue weighted by atomic mass is 32.2. The first-order chi connectivity index (χ1) is 13.7. The normalized spacial score (nSPS) is 14.1. The zero-order valence-electron chi connectivity index (χ0n) is 16.7. The number of anilines is 2. The summed E-state index contributed by atoms with van der Waals surface area (Å²) in [5.74, 6) is -0.333. The fraction of sp³-hybridized carbons (Fsp3) is 0.381. The SMILES string of the molecule is CCOc1ccc(S(=O)(=O)Nc2ccc3c(c2)CCC(=O)N3CC(C)C)cc1F. The number of ether oxygens (including phenoxy) is 1. The van der Waals surface area contributed by atoms with Crippen LogP contribution in [0.25, 0.3) is 0 Å². The predicted molar refractivity (Wildman–Crippen MR) is 110 cm³/mol. The van der Waals surface area contributed by atoms with Crippen LogP contribution in [-0.2, 0) is 21.2 Å². The first-order valence-corrected chi connectivity index (χ1v) is 11.1. The van der Waals surface area contributed by atoms with Gasteiger partial charge in [0, 0.05) is 24.3 Å². The van der Waals surface area contributed by atoms with Crippen molar-refractivity contribution >= 4 is 27.3 Å². The van der Waals surface area contributed by atoms with Gasteiger partial charge in [-0.3, -0.25) is 9.52 Å². The Labute approximate surface area is 170 Å². The van der Waals surface area contributed by atoms with Gasteiger partial charge < -0.3 is 9.64 Å². The van der Waals surface area contributed by atoms with E-state index in [1.807, 2.05) is 13.8 Å². The lowest BCUT2D eigenvalue weighted by Gasteiger charge is -2.31. The molecule has 0 saturated carbocycles. The third-order valence-corrected chi connectivity index (χ3v) is 5.97. The fourth-order valence-electron chi connectivity index (χ4n) is 3.32. The van der Waals surface area contributed by atoms with Gasteiger partial charge >= 0.3 is 0 Å². The van der Waals surface area contributed by atoms with Crippen molar-refractivity contribution in [1.82, 2.24) is 0 Å². The van der Waals surface area contributed by atoms with E-state index >= 15 is 0 Å². The molecule has 1 amide bonds. The summed E-state index contributed by atoms with van der Waals surface area (Å²) in [6.45, 7) is 6.70. The molecule has 2 aromatic carbocycles. The maximum Gasteiger partial charge on any atom is 0.262 e. The fourth-order valence-corrected chi connectivity index (χ4v) is 4.39. The largest absolute Gasteiger partial charge is 0.491 e. The molecule has 0 atom stereocenters. The average molecular weight is 421 g/mol. The molecule has 1 aliphatic rings. The Bertz CT molecular complexity index is 1020. The molecule has 0 radical (unpaired) electrons. The zero-order chi connectivity index (χ0) is 21.2. The molecule has 29 heavy (non-hydrogen) atoms. The molecule has 1 heterocycles. The maximum atomic E-state index is 14.1. The van der Waals surface area contributed by atoms with Gasteiger partial charge in [-0.25, -0.2) is 12.8 Å². The van der Waals surface area contributed by atoms with E-state index in [0.29, 0.717) is 31.0 Å². The van der Waals surface area contributed by atoms with Crippen LogP contribution in [0.4, 0.5) is 15.8 Å². The molecule has 0 aromatic heterocycles. The molecule has 156 valence electrons. The Hall–Kier alpha value is -2.61. The number of amides is 1. The van der Waals surface area contributed by atoms with Crippen LogP contribution < -0.4 is 14.4 Å². The van der Waals surface area contributed by atoms with Crippen molar-refractivity contribution in [3.05, 3.63) is 47.8 Å². The number of carbonyl (C=O) groups is 1. The molecule has 0 bridgehead atoms. The van der Waals surface area contributed by atoms with Crippen molar-refractivity contribution in [1.29, 1.82) is 0 Å². The van der Waals surface area contributed by atoms with Gasteiger partial charge in [0.2, 0.25) is 5.91 Å². The predicted octanol–water partition coefficient (Wildman–Crippen LogP) is 3.96. The van der Waals surface area contributed by atoms with Crippen LogP contribution in [0.2, 0.25) is 0 Å². The summed E-state index contributed by atoms with van der Waals surface area (Å²) in [5, 5.41) is 0. The van der Waals surface area contributed by atoms with Gasteiger partial charge in [0.05, 0.1) is 11.5 Å². The molecule has 1 aliphatic heterocycles. The summed E-state index contributed by atoms with van der Waals surface area (Å²) in [6, 6.07) is 8.65. The Kier molecular flexibility index (Phi) is 6.12. The molecule has 0 saturated heterocycles. The molecule has 8 heteroatoms. The number of aryl methyl sites for hydroxylation is 1. The minimum absolute atomic E-state index is 0.00939. The van der Waals surface area contributed by atoms with Crippen molar-refractivity contribution in [2.45, 2.75) is 38.5 Å². The number of hydrogen-bond donors (Lipinski definition) is 1. The molecule has 0 unspecified atom stereocenters. The summed E-state index contributed by atoms with van der Waals surface area (Å²) < 4.78 is 47.0. The van der Waals surface area contributed by atoms with Crippen molar-refractivity contribution in [3.8, 4) is 5.75 Å². The minimum atomic E-state index is -3.96. The Morgan fingerprint density at radius 3 is 2.59 bits per heavy atom. The lowest BCUT2D eigenvalue weighted by molar-refractivity contribution is -0.119. The summed E-state index contributed by atoms with van der Waals surface area (Å²) in [5.41, 5.74) is 2.09. The van der Waals surface area contributed by atoms with E-state index in [1.165, 1.54) is 12.1 Å². The van der Waals surface area contributed by atoms with Crippen LogP contribution in [0.3, 0.4) is 0 Å². The van der Waals surface area contributed by atoms with E-state index in [9.17, 15) is 17.6 Å². The van der Waals surface area contributed by atoms with Gasteiger partial charge in [-0.2, -0.15) is 0 Å². The summed E-state index contributed by atoms with van der Waals surface area (Å²) in [6.07, 6.45) is 0.941. The van der Waals surface area contributed by atoms with E-state index in [2.05, 4.69) is 4.72 Å². The number of fused-ring (bicyclic) bond motifs is 1. The van der Waals surface area contributed by atoms with Crippen molar-refractivity contribution in [2.24, 2.45) is 5.92 Å². The van der Waals surface area contributed by atoms with Gasteiger partial charge in [0.25, 0.3) is 10.0 Å². The smallest absolute Gasteiger partial charge is 0.262 e. The number of nitrogens with one attached hydrogen (secondary N) is 1. The Morgan fingerprint density at radius 2 is 1.93 bits per heavy atom. The van der Waals surface area contributed by atoms with E-state index in [1.54, 1.807) is 30.0 Å². The van der Waals surface area contributed by atoms with E-state index in [4.69, 9.17) is 4.74 Å². The summed E-state index contributed by atoms with van der Waals surface area (Å²) >= 11 is 0. The number of sulfonamides is 1. The highest BCUT2D eigenvalue weighted by Gasteiger charge is 2.25. The van der Waals surface area contributed by atoms with Crippen LogP contribution >= 0.6 is 0 Å².